The lowest BCUT2D eigenvalue weighted by atomic mass is 10.2. The van der Waals surface area contributed by atoms with Crippen molar-refractivity contribution in [1.29, 1.82) is 0 Å². The molecule has 0 spiro atoms. The molecule has 6 nitrogen and oxygen atoms in total. The largest absolute Gasteiger partial charge is 0.337 e. The molecule has 0 saturated carbocycles. The summed E-state index contributed by atoms with van der Waals surface area (Å²) in [5.41, 5.74) is 1.13. The number of hydrogen-bond donors (Lipinski definition) is 1. The molecule has 1 amide bonds. The predicted molar refractivity (Wildman–Crippen MR) is 116 cm³/mol. The highest BCUT2D eigenvalue weighted by atomic mass is 32.1. The van der Waals surface area contributed by atoms with E-state index >= 15 is 0 Å². The molecule has 28 heavy (non-hydrogen) atoms. The van der Waals surface area contributed by atoms with Crippen LogP contribution in [0.15, 0.2) is 47.8 Å². The molecule has 0 aliphatic heterocycles. The number of hydrogen-bond acceptors (Lipinski definition) is 5. The van der Waals surface area contributed by atoms with Crippen LogP contribution >= 0.6 is 23.6 Å². The summed E-state index contributed by atoms with van der Waals surface area (Å²) in [6.07, 6.45) is 0.381. The quantitative estimate of drug-likeness (QED) is 0.542. The van der Waals surface area contributed by atoms with E-state index in [0.717, 1.165) is 22.8 Å². The molecule has 3 rings (SSSR count). The first-order valence-corrected chi connectivity index (χ1v) is 10.5. The average Bonchev–Trinajstić information content (AvgIpc) is 3.33. The molecular formula is C20H25N5OS2. The van der Waals surface area contributed by atoms with Crippen molar-refractivity contribution >= 4 is 29.5 Å². The number of nitrogens with one attached hydrogen (secondary N) is 1. The third-order valence-corrected chi connectivity index (χ3v) is 5.61. The SMILES string of the molecule is CN(C)CCN(Cc1ccccc1)C(=O)CCn1c(-c2cccs2)n[nH]c1=S. The van der Waals surface area contributed by atoms with Crippen LogP contribution < -0.4 is 0 Å². The number of aromatic nitrogens is 3. The minimum absolute atomic E-state index is 0.117. The normalized spacial score (nSPS) is 11.1. The fourth-order valence-electron chi connectivity index (χ4n) is 2.90. The van der Waals surface area contributed by atoms with E-state index in [2.05, 4.69) is 27.2 Å². The number of amides is 1. The lowest BCUT2D eigenvalue weighted by Gasteiger charge is -2.25. The van der Waals surface area contributed by atoms with E-state index < -0.39 is 0 Å². The van der Waals surface area contributed by atoms with Crippen molar-refractivity contribution in [1.82, 2.24) is 24.6 Å². The number of nitrogens with zero attached hydrogens (tertiary/aromatic N) is 4. The van der Waals surface area contributed by atoms with Gasteiger partial charge in [-0.15, -0.1) is 11.3 Å². The van der Waals surface area contributed by atoms with Gasteiger partial charge in [0.25, 0.3) is 0 Å². The second-order valence-corrected chi connectivity index (χ2v) is 8.17. The van der Waals surface area contributed by atoms with E-state index in [9.17, 15) is 4.79 Å². The number of rotatable bonds is 9. The standard InChI is InChI=1S/C20H25N5OS2/c1-23(2)12-13-24(15-16-7-4-3-5-8-16)18(26)10-11-25-19(21-22-20(25)27)17-9-6-14-28-17/h3-9,14H,10-13,15H2,1-2H3,(H,22,27). The molecule has 1 N–H and O–H groups in total. The number of thiophene rings is 1. The maximum absolute atomic E-state index is 13.0. The van der Waals surface area contributed by atoms with Crippen LogP contribution in [-0.4, -0.2) is 57.7 Å². The van der Waals surface area contributed by atoms with Gasteiger partial charge in [-0.1, -0.05) is 36.4 Å². The van der Waals surface area contributed by atoms with Gasteiger partial charge in [0, 0.05) is 32.6 Å². The zero-order valence-corrected chi connectivity index (χ0v) is 17.8. The zero-order valence-electron chi connectivity index (χ0n) is 16.2. The van der Waals surface area contributed by atoms with Crippen LogP contribution in [0.2, 0.25) is 0 Å². The van der Waals surface area contributed by atoms with Crippen molar-refractivity contribution in [2.45, 2.75) is 19.5 Å². The maximum Gasteiger partial charge on any atom is 0.224 e. The number of aromatic amines is 1. The first-order valence-electron chi connectivity index (χ1n) is 9.20. The lowest BCUT2D eigenvalue weighted by Crippen LogP contribution is -2.36. The van der Waals surface area contributed by atoms with Gasteiger partial charge in [-0.2, -0.15) is 5.10 Å². The van der Waals surface area contributed by atoms with E-state index in [0.29, 0.717) is 30.8 Å². The summed E-state index contributed by atoms with van der Waals surface area (Å²) in [5.74, 6) is 0.904. The summed E-state index contributed by atoms with van der Waals surface area (Å²) in [5, 5.41) is 9.19. The Balaban J connectivity index is 1.70. The van der Waals surface area contributed by atoms with E-state index in [1.807, 2.05) is 59.3 Å². The Morgan fingerprint density at radius 3 is 2.64 bits per heavy atom. The second-order valence-electron chi connectivity index (χ2n) is 6.84. The van der Waals surface area contributed by atoms with Crippen molar-refractivity contribution in [3.05, 3.63) is 58.2 Å². The Hall–Kier alpha value is -2.29. The molecule has 2 aromatic heterocycles. The fourth-order valence-corrected chi connectivity index (χ4v) is 3.85. The summed E-state index contributed by atoms with van der Waals surface area (Å²) in [6, 6.07) is 14.1. The first-order chi connectivity index (χ1) is 13.5. The molecule has 0 unspecified atom stereocenters. The van der Waals surface area contributed by atoms with Crippen molar-refractivity contribution < 1.29 is 4.79 Å². The molecule has 2 heterocycles. The molecule has 8 heteroatoms. The predicted octanol–water partition coefficient (Wildman–Crippen LogP) is 3.65. The topological polar surface area (TPSA) is 57.2 Å². The van der Waals surface area contributed by atoms with Gasteiger partial charge in [0.1, 0.15) is 0 Å². The zero-order chi connectivity index (χ0) is 19.9. The van der Waals surface area contributed by atoms with Gasteiger partial charge in [-0.25, -0.2) is 0 Å². The molecule has 0 saturated heterocycles. The molecule has 0 fully saturated rings. The molecule has 0 aliphatic carbocycles. The van der Waals surface area contributed by atoms with Crippen molar-refractivity contribution in [2.24, 2.45) is 0 Å². The molecular weight excluding hydrogens is 390 g/mol. The van der Waals surface area contributed by atoms with Crippen LogP contribution in [0, 0.1) is 4.77 Å². The van der Waals surface area contributed by atoms with E-state index in [-0.39, 0.29) is 5.91 Å². The summed E-state index contributed by atoms with van der Waals surface area (Å²) < 4.78 is 2.45. The Bertz CT molecular complexity index is 931. The molecule has 1 aromatic carbocycles. The highest BCUT2D eigenvalue weighted by Gasteiger charge is 2.16. The van der Waals surface area contributed by atoms with Gasteiger partial charge in [-0.3, -0.25) is 14.5 Å². The van der Waals surface area contributed by atoms with Crippen LogP contribution in [0.3, 0.4) is 0 Å². The average molecular weight is 416 g/mol. The van der Waals surface area contributed by atoms with Crippen LogP contribution in [0.5, 0.6) is 0 Å². The minimum atomic E-state index is 0.117. The molecule has 3 aromatic rings. The van der Waals surface area contributed by atoms with Gasteiger partial charge in [0.2, 0.25) is 5.91 Å². The summed E-state index contributed by atoms with van der Waals surface area (Å²) in [7, 11) is 4.03. The summed E-state index contributed by atoms with van der Waals surface area (Å²) in [6.45, 7) is 2.64. The fraction of sp³-hybridized carbons (Fsp3) is 0.350. The lowest BCUT2D eigenvalue weighted by molar-refractivity contribution is -0.132. The molecule has 148 valence electrons. The maximum atomic E-state index is 13.0. The highest BCUT2D eigenvalue weighted by molar-refractivity contribution is 7.71. The van der Waals surface area contributed by atoms with Crippen LogP contribution in [0.4, 0.5) is 0 Å². The monoisotopic (exact) mass is 415 g/mol. The third kappa shape index (κ3) is 5.37. The van der Waals surface area contributed by atoms with Crippen molar-refractivity contribution in [3.63, 3.8) is 0 Å². The van der Waals surface area contributed by atoms with E-state index in [1.54, 1.807) is 11.3 Å². The Labute approximate surface area is 174 Å². The minimum Gasteiger partial charge on any atom is -0.337 e. The molecule has 0 bridgehead atoms. The number of carbonyl (C=O) groups is 1. The Kier molecular flexibility index (Phi) is 7.13. The first kappa shape index (κ1) is 20.4. The molecule has 0 atom stereocenters. The van der Waals surface area contributed by atoms with Gasteiger partial charge >= 0.3 is 0 Å². The van der Waals surface area contributed by atoms with Crippen LogP contribution in [-0.2, 0) is 17.9 Å². The Morgan fingerprint density at radius 1 is 1.18 bits per heavy atom. The van der Waals surface area contributed by atoms with Gasteiger partial charge in [0.05, 0.1) is 4.88 Å². The summed E-state index contributed by atoms with van der Waals surface area (Å²) in [4.78, 5) is 18.0. The van der Waals surface area contributed by atoms with Gasteiger partial charge in [-0.05, 0) is 43.3 Å². The third-order valence-electron chi connectivity index (χ3n) is 4.44. The van der Waals surface area contributed by atoms with Gasteiger partial charge < -0.3 is 9.80 Å². The smallest absolute Gasteiger partial charge is 0.224 e. The Morgan fingerprint density at radius 2 is 1.96 bits per heavy atom. The second kappa shape index (κ2) is 9.77. The molecule has 0 aliphatic rings. The van der Waals surface area contributed by atoms with Crippen LogP contribution in [0.25, 0.3) is 10.7 Å². The van der Waals surface area contributed by atoms with Crippen molar-refractivity contribution in [2.75, 3.05) is 27.2 Å². The number of benzene rings is 1. The number of H-pyrrole nitrogens is 1. The number of carbonyl (C=O) groups excluding carboxylic acids is 1. The van der Waals surface area contributed by atoms with Crippen molar-refractivity contribution in [3.8, 4) is 10.7 Å². The van der Waals surface area contributed by atoms with E-state index in [4.69, 9.17) is 12.2 Å². The highest BCUT2D eigenvalue weighted by Crippen LogP contribution is 2.23. The molecule has 0 radical (unpaired) electrons. The van der Waals surface area contributed by atoms with Gasteiger partial charge in [0.15, 0.2) is 10.6 Å². The van der Waals surface area contributed by atoms with Crippen LogP contribution in [0.1, 0.15) is 12.0 Å². The number of likely N-dealkylation sites (N-methyl/N-ethyl adjacent to an activating group) is 1. The summed E-state index contributed by atoms with van der Waals surface area (Å²) >= 11 is 6.98. The van der Waals surface area contributed by atoms with E-state index in [1.165, 1.54) is 0 Å².